The van der Waals surface area contributed by atoms with E-state index in [4.69, 9.17) is 0 Å². The van der Waals surface area contributed by atoms with Crippen LogP contribution in [0.25, 0.3) is 10.9 Å². The number of benzene rings is 1. The molecule has 0 saturated carbocycles. The zero-order chi connectivity index (χ0) is 14.7. The Morgan fingerprint density at radius 3 is 2.95 bits per heavy atom. The Labute approximate surface area is 123 Å². The van der Waals surface area contributed by atoms with Crippen molar-refractivity contribution in [2.45, 2.75) is 19.9 Å². The molecule has 0 saturated heterocycles. The molecule has 2 aromatic heterocycles. The number of rotatable bonds is 4. The molecule has 3 aromatic rings. The largest absolute Gasteiger partial charge is 0.361 e. The first-order chi connectivity index (χ1) is 10.2. The number of pyridine rings is 1. The fourth-order valence-electron chi connectivity index (χ4n) is 2.39. The molecule has 3 rings (SSSR count). The first-order valence-corrected chi connectivity index (χ1v) is 6.95. The molecule has 2 N–H and O–H groups in total. The molecule has 0 aliphatic rings. The van der Waals surface area contributed by atoms with Crippen LogP contribution in [-0.2, 0) is 17.8 Å². The minimum Gasteiger partial charge on any atom is -0.361 e. The average Bonchev–Trinajstić information content (AvgIpc) is 2.90. The lowest BCUT2D eigenvalue weighted by atomic mass is 10.1. The molecule has 2 heterocycles. The van der Waals surface area contributed by atoms with E-state index in [1.54, 1.807) is 12.4 Å². The van der Waals surface area contributed by atoms with Crippen LogP contribution in [0.2, 0.25) is 0 Å². The number of H-pyrrole nitrogens is 1. The van der Waals surface area contributed by atoms with E-state index in [-0.39, 0.29) is 5.91 Å². The second-order valence-corrected chi connectivity index (χ2v) is 5.12. The number of carbonyl (C=O) groups is 1. The number of fused-ring (bicyclic) bond motifs is 1. The Hall–Kier alpha value is -2.62. The van der Waals surface area contributed by atoms with E-state index >= 15 is 0 Å². The van der Waals surface area contributed by atoms with Crippen LogP contribution >= 0.6 is 0 Å². The Bertz CT molecular complexity index is 776. The number of aromatic nitrogens is 2. The summed E-state index contributed by atoms with van der Waals surface area (Å²) >= 11 is 0. The van der Waals surface area contributed by atoms with E-state index in [1.807, 2.05) is 43.5 Å². The third-order valence-corrected chi connectivity index (χ3v) is 3.65. The maximum atomic E-state index is 12.1. The SMILES string of the molecule is Cc1ccncc1CNC(=O)Cc1c[nH]c2ccccc12. The predicted octanol–water partition coefficient (Wildman–Crippen LogP) is 2.73. The summed E-state index contributed by atoms with van der Waals surface area (Å²) < 4.78 is 0. The summed E-state index contributed by atoms with van der Waals surface area (Å²) in [4.78, 5) is 19.4. The number of para-hydroxylation sites is 1. The van der Waals surface area contributed by atoms with Crippen LogP contribution in [0, 0.1) is 6.92 Å². The van der Waals surface area contributed by atoms with Crippen molar-refractivity contribution in [1.82, 2.24) is 15.3 Å². The second kappa shape index (κ2) is 5.79. The molecule has 0 fully saturated rings. The van der Waals surface area contributed by atoms with Crippen LogP contribution in [0.1, 0.15) is 16.7 Å². The van der Waals surface area contributed by atoms with Crippen molar-refractivity contribution >= 4 is 16.8 Å². The zero-order valence-corrected chi connectivity index (χ0v) is 11.9. The van der Waals surface area contributed by atoms with Crippen molar-refractivity contribution in [3.8, 4) is 0 Å². The van der Waals surface area contributed by atoms with Crippen LogP contribution in [0.3, 0.4) is 0 Å². The number of carbonyl (C=O) groups excluding carboxylic acids is 1. The highest BCUT2D eigenvalue weighted by Gasteiger charge is 2.08. The highest BCUT2D eigenvalue weighted by molar-refractivity contribution is 5.88. The molecule has 1 amide bonds. The first kappa shape index (κ1) is 13.4. The Balaban J connectivity index is 1.66. The molecule has 0 aliphatic carbocycles. The van der Waals surface area contributed by atoms with Crippen LogP contribution in [0.15, 0.2) is 48.9 Å². The van der Waals surface area contributed by atoms with Gasteiger partial charge in [0, 0.05) is 36.0 Å². The number of hydrogen-bond donors (Lipinski definition) is 2. The molecule has 106 valence electrons. The van der Waals surface area contributed by atoms with Crippen LogP contribution in [0.4, 0.5) is 0 Å². The lowest BCUT2D eigenvalue weighted by molar-refractivity contribution is -0.120. The molecule has 0 unspecified atom stereocenters. The molecule has 0 spiro atoms. The molecule has 1 aromatic carbocycles. The fraction of sp³-hybridized carbons (Fsp3) is 0.176. The number of aromatic amines is 1. The highest BCUT2D eigenvalue weighted by Crippen LogP contribution is 2.18. The first-order valence-electron chi connectivity index (χ1n) is 6.95. The van der Waals surface area contributed by atoms with Gasteiger partial charge in [-0.25, -0.2) is 0 Å². The topological polar surface area (TPSA) is 57.8 Å². The van der Waals surface area contributed by atoms with Gasteiger partial charge in [0.1, 0.15) is 0 Å². The van der Waals surface area contributed by atoms with Gasteiger partial charge in [0.2, 0.25) is 5.91 Å². The summed E-state index contributed by atoms with van der Waals surface area (Å²) in [6.07, 6.45) is 5.83. The maximum Gasteiger partial charge on any atom is 0.224 e. The maximum absolute atomic E-state index is 12.1. The summed E-state index contributed by atoms with van der Waals surface area (Å²) in [5.74, 6) is 0.0167. The molecule has 0 radical (unpaired) electrons. The lowest BCUT2D eigenvalue weighted by Gasteiger charge is -2.07. The van der Waals surface area contributed by atoms with Gasteiger partial charge in [0.25, 0.3) is 0 Å². The van der Waals surface area contributed by atoms with E-state index in [9.17, 15) is 4.79 Å². The van der Waals surface area contributed by atoms with E-state index in [0.717, 1.165) is 27.6 Å². The minimum atomic E-state index is 0.0167. The van der Waals surface area contributed by atoms with Gasteiger partial charge in [-0.1, -0.05) is 18.2 Å². The van der Waals surface area contributed by atoms with Gasteiger partial charge < -0.3 is 10.3 Å². The Morgan fingerprint density at radius 2 is 2.10 bits per heavy atom. The summed E-state index contributed by atoms with van der Waals surface area (Å²) in [6, 6.07) is 9.95. The number of nitrogens with zero attached hydrogens (tertiary/aromatic N) is 1. The molecule has 21 heavy (non-hydrogen) atoms. The van der Waals surface area contributed by atoms with Gasteiger partial charge >= 0.3 is 0 Å². The number of nitrogens with one attached hydrogen (secondary N) is 2. The smallest absolute Gasteiger partial charge is 0.224 e. The quantitative estimate of drug-likeness (QED) is 0.771. The van der Waals surface area contributed by atoms with Gasteiger partial charge in [0.15, 0.2) is 0 Å². The van der Waals surface area contributed by atoms with E-state index in [2.05, 4.69) is 15.3 Å². The molecule has 0 bridgehead atoms. The van der Waals surface area contributed by atoms with Gasteiger partial charge in [0.05, 0.1) is 6.42 Å². The average molecular weight is 279 g/mol. The normalized spacial score (nSPS) is 10.7. The Kier molecular flexibility index (Phi) is 3.69. The van der Waals surface area contributed by atoms with Crippen molar-refractivity contribution in [3.05, 3.63) is 65.6 Å². The van der Waals surface area contributed by atoms with Gasteiger partial charge in [-0.05, 0) is 35.7 Å². The van der Waals surface area contributed by atoms with E-state index < -0.39 is 0 Å². The van der Waals surface area contributed by atoms with Gasteiger partial charge in [-0.2, -0.15) is 0 Å². The van der Waals surface area contributed by atoms with Crippen molar-refractivity contribution in [3.63, 3.8) is 0 Å². The standard InChI is InChI=1S/C17H17N3O/c1-12-6-7-18-9-14(12)11-20-17(21)8-13-10-19-16-5-3-2-4-15(13)16/h2-7,9-10,19H,8,11H2,1H3,(H,20,21). The monoisotopic (exact) mass is 279 g/mol. The zero-order valence-electron chi connectivity index (χ0n) is 11.9. The molecule has 4 heteroatoms. The predicted molar refractivity (Wildman–Crippen MR) is 82.8 cm³/mol. The summed E-state index contributed by atoms with van der Waals surface area (Å²) in [5, 5.41) is 4.05. The number of aryl methyl sites for hydroxylation is 1. The highest BCUT2D eigenvalue weighted by atomic mass is 16.1. The van der Waals surface area contributed by atoms with Crippen LogP contribution in [0.5, 0.6) is 0 Å². The summed E-state index contributed by atoms with van der Waals surface area (Å²) in [5.41, 5.74) is 4.26. The molecular weight excluding hydrogens is 262 g/mol. The molecule has 4 nitrogen and oxygen atoms in total. The third-order valence-electron chi connectivity index (χ3n) is 3.65. The number of amides is 1. The van der Waals surface area contributed by atoms with Gasteiger partial charge in [-0.15, -0.1) is 0 Å². The van der Waals surface area contributed by atoms with Crippen molar-refractivity contribution in [1.29, 1.82) is 0 Å². The van der Waals surface area contributed by atoms with Crippen LogP contribution in [-0.4, -0.2) is 15.9 Å². The van der Waals surface area contributed by atoms with Gasteiger partial charge in [-0.3, -0.25) is 9.78 Å². The fourth-order valence-corrected chi connectivity index (χ4v) is 2.39. The lowest BCUT2D eigenvalue weighted by Crippen LogP contribution is -2.24. The molecule has 0 atom stereocenters. The minimum absolute atomic E-state index is 0.0167. The molecule has 0 aliphatic heterocycles. The van der Waals surface area contributed by atoms with Crippen molar-refractivity contribution in [2.24, 2.45) is 0 Å². The summed E-state index contributed by atoms with van der Waals surface area (Å²) in [6.45, 7) is 2.53. The number of hydrogen-bond acceptors (Lipinski definition) is 2. The van der Waals surface area contributed by atoms with Crippen LogP contribution < -0.4 is 5.32 Å². The van der Waals surface area contributed by atoms with Crippen molar-refractivity contribution in [2.75, 3.05) is 0 Å². The second-order valence-electron chi connectivity index (χ2n) is 5.12. The van der Waals surface area contributed by atoms with Crippen molar-refractivity contribution < 1.29 is 4.79 Å². The van der Waals surface area contributed by atoms with E-state index in [0.29, 0.717) is 13.0 Å². The third kappa shape index (κ3) is 2.94. The Morgan fingerprint density at radius 1 is 1.24 bits per heavy atom. The molecular formula is C17H17N3O. The summed E-state index contributed by atoms with van der Waals surface area (Å²) in [7, 11) is 0. The van der Waals surface area contributed by atoms with E-state index in [1.165, 1.54) is 0 Å².